The Bertz CT molecular complexity index is 674. The van der Waals surface area contributed by atoms with E-state index in [-0.39, 0.29) is 12.2 Å². The van der Waals surface area contributed by atoms with E-state index in [1.165, 1.54) is 6.07 Å². The molecule has 2 aromatic rings. The second kappa shape index (κ2) is 4.86. The van der Waals surface area contributed by atoms with Crippen LogP contribution in [0.15, 0.2) is 40.9 Å². The molecule has 0 aliphatic heterocycles. The van der Waals surface area contributed by atoms with Crippen LogP contribution in [0.4, 0.5) is 10.1 Å². The van der Waals surface area contributed by atoms with Crippen molar-refractivity contribution in [1.82, 2.24) is 0 Å². The number of rotatable bonds is 2. The molecule has 0 spiro atoms. The Labute approximate surface area is 125 Å². The number of aliphatic hydroxyl groups is 1. The number of benzene rings is 2. The lowest BCUT2D eigenvalue weighted by atomic mass is 9.88. The largest absolute Gasteiger partial charge is 0.399 e. The van der Waals surface area contributed by atoms with Crippen LogP contribution in [0.5, 0.6) is 0 Å². The average Bonchev–Trinajstić information content (AvgIpc) is 2.70. The van der Waals surface area contributed by atoms with E-state index in [9.17, 15) is 9.50 Å². The van der Waals surface area contributed by atoms with Gasteiger partial charge in [0.05, 0.1) is 5.60 Å². The first-order chi connectivity index (χ1) is 9.48. The molecule has 1 aliphatic rings. The van der Waals surface area contributed by atoms with Crippen molar-refractivity contribution in [1.29, 1.82) is 0 Å². The summed E-state index contributed by atoms with van der Waals surface area (Å²) in [6, 6.07) is 10.5. The van der Waals surface area contributed by atoms with Crippen molar-refractivity contribution in [2.75, 3.05) is 5.73 Å². The number of anilines is 1. The van der Waals surface area contributed by atoms with Crippen LogP contribution < -0.4 is 5.73 Å². The highest BCUT2D eigenvalue weighted by molar-refractivity contribution is 9.10. The second-order valence-electron chi connectivity index (χ2n) is 5.36. The number of nitrogen functional groups attached to an aromatic ring is 1. The monoisotopic (exact) mass is 335 g/mol. The molecule has 104 valence electrons. The lowest BCUT2D eigenvalue weighted by Crippen LogP contribution is -2.25. The molecule has 0 amide bonds. The summed E-state index contributed by atoms with van der Waals surface area (Å²) >= 11 is 3.24. The van der Waals surface area contributed by atoms with E-state index >= 15 is 0 Å². The van der Waals surface area contributed by atoms with Gasteiger partial charge in [0.15, 0.2) is 0 Å². The molecular weight excluding hydrogens is 321 g/mol. The van der Waals surface area contributed by atoms with E-state index in [0.717, 1.165) is 17.5 Å². The lowest BCUT2D eigenvalue weighted by molar-refractivity contribution is 0.0381. The molecule has 0 saturated carbocycles. The fourth-order valence-corrected chi connectivity index (χ4v) is 3.25. The van der Waals surface area contributed by atoms with Crippen LogP contribution in [0.2, 0.25) is 0 Å². The van der Waals surface area contributed by atoms with E-state index in [2.05, 4.69) is 15.9 Å². The SMILES string of the molecule is Nc1ccc2c(c1)CCC2(O)Cc1ccc(Br)cc1F. The molecule has 1 atom stereocenters. The van der Waals surface area contributed by atoms with Crippen LogP contribution in [0.1, 0.15) is 23.1 Å². The maximum absolute atomic E-state index is 14.0. The molecule has 0 heterocycles. The van der Waals surface area contributed by atoms with Crippen molar-refractivity contribution in [2.45, 2.75) is 24.9 Å². The Morgan fingerprint density at radius 1 is 1.25 bits per heavy atom. The maximum atomic E-state index is 14.0. The Balaban J connectivity index is 1.96. The van der Waals surface area contributed by atoms with Gasteiger partial charge < -0.3 is 10.8 Å². The van der Waals surface area contributed by atoms with E-state index in [1.807, 2.05) is 12.1 Å². The highest BCUT2D eigenvalue weighted by Gasteiger charge is 2.37. The summed E-state index contributed by atoms with van der Waals surface area (Å²) in [5, 5.41) is 10.9. The van der Waals surface area contributed by atoms with Crippen LogP contribution in [0.3, 0.4) is 0 Å². The molecule has 2 aromatic carbocycles. The lowest BCUT2D eigenvalue weighted by Gasteiger charge is -2.24. The summed E-state index contributed by atoms with van der Waals surface area (Å²) in [6.45, 7) is 0. The molecule has 3 rings (SSSR count). The van der Waals surface area contributed by atoms with Crippen LogP contribution in [-0.4, -0.2) is 5.11 Å². The van der Waals surface area contributed by atoms with Crippen LogP contribution in [0.25, 0.3) is 0 Å². The molecule has 0 saturated heterocycles. The van der Waals surface area contributed by atoms with Gasteiger partial charge in [0, 0.05) is 16.6 Å². The predicted molar refractivity (Wildman–Crippen MR) is 80.9 cm³/mol. The molecule has 1 unspecified atom stereocenters. The third-order valence-electron chi connectivity index (χ3n) is 3.94. The molecule has 0 fully saturated rings. The predicted octanol–water partition coefficient (Wildman–Crippen LogP) is 3.55. The van der Waals surface area contributed by atoms with Gasteiger partial charge in [0.2, 0.25) is 0 Å². The minimum Gasteiger partial charge on any atom is -0.399 e. The molecule has 0 radical (unpaired) electrons. The number of aryl methyl sites for hydroxylation is 1. The fraction of sp³-hybridized carbons (Fsp3) is 0.250. The average molecular weight is 336 g/mol. The molecule has 1 aliphatic carbocycles. The van der Waals surface area contributed by atoms with E-state index in [4.69, 9.17) is 5.73 Å². The number of hydrogen-bond acceptors (Lipinski definition) is 2. The first kappa shape index (κ1) is 13.6. The zero-order valence-electron chi connectivity index (χ0n) is 10.9. The highest BCUT2D eigenvalue weighted by atomic mass is 79.9. The van der Waals surface area contributed by atoms with Gasteiger partial charge in [-0.05, 0) is 53.8 Å². The third-order valence-corrected chi connectivity index (χ3v) is 4.43. The van der Waals surface area contributed by atoms with Gasteiger partial charge in [-0.1, -0.05) is 28.1 Å². The van der Waals surface area contributed by atoms with Crippen LogP contribution >= 0.6 is 15.9 Å². The van der Waals surface area contributed by atoms with Gasteiger partial charge >= 0.3 is 0 Å². The Morgan fingerprint density at radius 3 is 2.80 bits per heavy atom. The smallest absolute Gasteiger partial charge is 0.127 e. The topological polar surface area (TPSA) is 46.2 Å². The minimum atomic E-state index is -1.00. The van der Waals surface area contributed by atoms with Crippen molar-refractivity contribution in [3.8, 4) is 0 Å². The molecule has 20 heavy (non-hydrogen) atoms. The van der Waals surface area contributed by atoms with Gasteiger partial charge in [-0.2, -0.15) is 0 Å². The molecule has 0 bridgehead atoms. The standard InChI is InChI=1S/C16H15BrFNO/c17-12-2-1-11(15(18)8-12)9-16(20)6-5-10-7-13(19)3-4-14(10)16/h1-4,7-8,20H,5-6,9,19H2. The minimum absolute atomic E-state index is 0.281. The maximum Gasteiger partial charge on any atom is 0.127 e. The number of halogens is 2. The number of nitrogens with two attached hydrogens (primary N) is 1. The van der Waals surface area contributed by atoms with Crippen molar-refractivity contribution < 1.29 is 9.50 Å². The molecule has 4 heteroatoms. The Kier molecular flexibility index (Phi) is 3.30. The molecule has 2 nitrogen and oxygen atoms in total. The van der Waals surface area contributed by atoms with Crippen LogP contribution in [0, 0.1) is 5.82 Å². The summed E-state index contributed by atoms with van der Waals surface area (Å²) in [5.74, 6) is -0.295. The van der Waals surface area contributed by atoms with Gasteiger partial charge in [-0.3, -0.25) is 0 Å². The normalized spacial score (nSPS) is 20.9. The van der Waals surface area contributed by atoms with Crippen molar-refractivity contribution in [3.63, 3.8) is 0 Å². The zero-order chi connectivity index (χ0) is 14.3. The summed E-state index contributed by atoms with van der Waals surface area (Å²) < 4.78 is 14.7. The Morgan fingerprint density at radius 2 is 2.05 bits per heavy atom. The quantitative estimate of drug-likeness (QED) is 0.824. The highest BCUT2D eigenvalue weighted by Crippen LogP contribution is 2.40. The van der Waals surface area contributed by atoms with Crippen molar-refractivity contribution in [2.24, 2.45) is 0 Å². The summed E-state index contributed by atoms with van der Waals surface area (Å²) in [4.78, 5) is 0. The number of fused-ring (bicyclic) bond motifs is 1. The van der Waals surface area contributed by atoms with Crippen LogP contribution in [-0.2, 0) is 18.4 Å². The van der Waals surface area contributed by atoms with Gasteiger partial charge in [0.25, 0.3) is 0 Å². The van der Waals surface area contributed by atoms with E-state index in [0.29, 0.717) is 22.1 Å². The van der Waals surface area contributed by atoms with Crippen molar-refractivity contribution >= 4 is 21.6 Å². The third kappa shape index (κ3) is 2.34. The van der Waals surface area contributed by atoms with E-state index < -0.39 is 5.60 Å². The second-order valence-corrected chi connectivity index (χ2v) is 6.28. The fourth-order valence-electron chi connectivity index (χ4n) is 2.91. The van der Waals surface area contributed by atoms with Crippen molar-refractivity contribution in [3.05, 3.63) is 63.4 Å². The van der Waals surface area contributed by atoms with Gasteiger partial charge in [0.1, 0.15) is 5.82 Å². The summed E-state index contributed by atoms with van der Waals surface area (Å²) in [5.41, 5.74) is 7.92. The zero-order valence-corrected chi connectivity index (χ0v) is 12.5. The van der Waals surface area contributed by atoms with E-state index in [1.54, 1.807) is 18.2 Å². The molecule has 3 N–H and O–H groups in total. The first-order valence-electron chi connectivity index (χ1n) is 6.53. The number of hydrogen-bond donors (Lipinski definition) is 2. The Hall–Kier alpha value is -1.39. The molecular formula is C16H15BrFNO. The summed E-state index contributed by atoms with van der Waals surface area (Å²) in [7, 11) is 0. The van der Waals surface area contributed by atoms with Gasteiger partial charge in [-0.25, -0.2) is 4.39 Å². The molecule has 0 aromatic heterocycles. The first-order valence-corrected chi connectivity index (χ1v) is 7.32. The van der Waals surface area contributed by atoms with Gasteiger partial charge in [-0.15, -0.1) is 0 Å². The summed E-state index contributed by atoms with van der Waals surface area (Å²) in [6.07, 6.45) is 1.65.